The summed E-state index contributed by atoms with van der Waals surface area (Å²) in [6.45, 7) is 0.643. The molecule has 1 atom stereocenters. The number of hydrogen-bond donors (Lipinski definition) is 4. The summed E-state index contributed by atoms with van der Waals surface area (Å²) in [5, 5.41) is 7.80. The van der Waals surface area contributed by atoms with Crippen LogP contribution in [0.3, 0.4) is 0 Å². The number of nitrogens with zero attached hydrogens (tertiary/aromatic N) is 2. The third-order valence-corrected chi connectivity index (χ3v) is 5.53. The first kappa shape index (κ1) is 29.2. The van der Waals surface area contributed by atoms with Crippen LogP contribution in [0, 0.1) is 17.6 Å². The van der Waals surface area contributed by atoms with Gasteiger partial charge in [-0.05, 0) is 30.7 Å². The smallest absolute Gasteiger partial charge is 0.387 e. The number of ether oxygens (including phenoxy) is 1. The maximum atomic E-state index is 14.2. The highest BCUT2D eigenvalue weighted by Crippen LogP contribution is 2.36. The Kier molecular flexibility index (Phi) is 9.71. The number of pyridine rings is 2. The van der Waals surface area contributed by atoms with E-state index in [9.17, 15) is 31.5 Å². The predicted molar refractivity (Wildman–Crippen MR) is 132 cm³/mol. The molecule has 208 valence electrons. The normalized spacial score (nSPS) is 14.7. The third kappa shape index (κ3) is 8.33. The second-order valence-electron chi connectivity index (χ2n) is 8.32. The van der Waals surface area contributed by atoms with Crippen LogP contribution in [0.4, 0.5) is 39.0 Å². The van der Waals surface area contributed by atoms with E-state index in [4.69, 9.17) is 10.5 Å². The first-order valence-electron chi connectivity index (χ1n) is 11.5. The van der Waals surface area contributed by atoms with E-state index >= 15 is 0 Å². The van der Waals surface area contributed by atoms with Crippen LogP contribution < -0.4 is 21.7 Å². The molecule has 0 bridgehead atoms. The Morgan fingerprint density at radius 2 is 1.87 bits per heavy atom. The van der Waals surface area contributed by atoms with Crippen LogP contribution in [0.25, 0.3) is 0 Å². The van der Waals surface area contributed by atoms with Gasteiger partial charge in [0.25, 0.3) is 0 Å². The topological polar surface area (TPSA) is 131 Å². The monoisotopic (exact) mass is 552 g/mol. The highest BCUT2D eigenvalue weighted by molar-refractivity contribution is 5.93. The minimum atomic E-state index is -4.79. The van der Waals surface area contributed by atoms with Gasteiger partial charge in [-0.3, -0.25) is 19.6 Å². The number of carbonyl (C=O) groups is 2. The van der Waals surface area contributed by atoms with E-state index in [1.807, 2.05) is 0 Å². The molecule has 1 aliphatic rings. The SMILES string of the molecule is CNc1cncc(C(N)=O)c1.O=C(NCc1ncc(Nc2ccc(F)cc2C(F)(F)F)cc1F)[C@@H]1CCOC1. The molecule has 1 fully saturated rings. The molecule has 0 unspecified atom stereocenters. The van der Waals surface area contributed by atoms with Crippen LogP contribution in [0.5, 0.6) is 0 Å². The maximum Gasteiger partial charge on any atom is 0.418 e. The van der Waals surface area contributed by atoms with Gasteiger partial charge in [-0.2, -0.15) is 13.2 Å². The van der Waals surface area contributed by atoms with E-state index in [2.05, 4.69) is 25.9 Å². The summed E-state index contributed by atoms with van der Waals surface area (Å²) >= 11 is 0. The summed E-state index contributed by atoms with van der Waals surface area (Å²) in [7, 11) is 1.75. The minimum absolute atomic E-state index is 0.0473. The van der Waals surface area contributed by atoms with Gasteiger partial charge in [-0.25, -0.2) is 8.78 Å². The molecule has 2 aromatic heterocycles. The van der Waals surface area contributed by atoms with Crippen LogP contribution >= 0.6 is 0 Å². The highest BCUT2D eigenvalue weighted by Gasteiger charge is 2.34. The number of nitrogens with two attached hydrogens (primary N) is 1. The summed E-state index contributed by atoms with van der Waals surface area (Å²) in [6, 6.07) is 4.72. The van der Waals surface area contributed by atoms with Crippen molar-refractivity contribution in [2.24, 2.45) is 11.7 Å². The minimum Gasteiger partial charge on any atom is -0.387 e. The molecule has 1 saturated heterocycles. The molecule has 0 spiro atoms. The van der Waals surface area contributed by atoms with Gasteiger partial charge in [-0.1, -0.05) is 0 Å². The van der Waals surface area contributed by atoms with Gasteiger partial charge in [0.1, 0.15) is 11.6 Å². The van der Waals surface area contributed by atoms with Crippen molar-refractivity contribution >= 4 is 28.9 Å². The number of hydrogen-bond acceptors (Lipinski definition) is 7. The molecule has 2 amide bonds. The van der Waals surface area contributed by atoms with Crippen LogP contribution in [-0.2, 0) is 22.3 Å². The summed E-state index contributed by atoms with van der Waals surface area (Å²) < 4.78 is 71.6. The molecule has 5 N–H and O–H groups in total. The van der Waals surface area contributed by atoms with Crippen molar-refractivity contribution in [2.45, 2.75) is 19.1 Å². The highest BCUT2D eigenvalue weighted by atomic mass is 19.4. The van der Waals surface area contributed by atoms with Crippen molar-refractivity contribution in [1.29, 1.82) is 0 Å². The van der Waals surface area contributed by atoms with Gasteiger partial charge in [0.2, 0.25) is 11.8 Å². The zero-order chi connectivity index (χ0) is 28.6. The quantitative estimate of drug-likeness (QED) is 0.326. The number of nitrogens with one attached hydrogen (secondary N) is 3. The fraction of sp³-hybridized carbons (Fsp3) is 0.280. The summed E-state index contributed by atoms with van der Waals surface area (Å²) in [5.74, 6) is -2.87. The lowest BCUT2D eigenvalue weighted by molar-refractivity contribution is -0.137. The summed E-state index contributed by atoms with van der Waals surface area (Å²) in [4.78, 5) is 30.2. The van der Waals surface area contributed by atoms with E-state index in [-0.39, 0.29) is 29.8 Å². The zero-order valence-corrected chi connectivity index (χ0v) is 20.6. The molecule has 4 rings (SSSR count). The van der Waals surface area contributed by atoms with E-state index in [1.54, 1.807) is 19.3 Å². The van der Waals surface area contributed by atoms with E-state index in [0.29, 0.717) is 31.3 Å². The van der Waals surface area contributed by atoms with E-state index < -0.39 is 35.0 Å². The Morgan fingerprint density at radius 1 is 1.10 bits per heavy atom. The van der Waals surface area contributed by atoms with Gasteiger partial charge < -0.3 is 26.4 Å². The Labute approximate surface area is 220 Å². The number of aromatic nitrogens is 2. The molecule has 14 heteroatoms. The Hall–Kier alpha value is -4.33. The molecule has 0 saturated carbocycles. The molecule has 3 aromatic rings. The van der Waals surface area contributed by atoms with Gasteiger partial charge in [0.05, 0.1) is 59.1 Å². The van der Waals surface area contributed by atoms with Crippen molar-refractivity contribution in [1.82, 2.24) is 15.3 Å². The van der Waals surface area contributed by atoms with Crippen molar-refractivity contribution in [3.8, 4) is 0 Å². The first-order valence-corrected chi connectivity index (χ1v) is 11.5. The number of carbonyl (C=O) groups excluding carboxylic acids is 2. The molecule has 39 heavy (non-hydrogen) atoms. The van der Waals surface area contributed by atoms with E-state index in [1.165, 1.54) is 6.20 Å². The maximum absolute atomic E-state index is 14.2. The standard InChI is InChI=1S/C18H16F5N3O2.C7H9N3O/c19-11-1-2-15(13(5-11)18(21,22)23)26-12-6-14(20)16(24-7-12)8-25-17(27)10-3-4-28-9-10;1-9-6-2-5(7(8)11)3-10-4-6/h1-2,5-7,10,26H,3-4,8-9H2,(H,25,27);2-4,9H,1H3,(H2,8,11)/t10-;/m1./s1. The predicted octanol–water partition coefficient (Wildman–Crippen LogP) is 4.00. The van der Waals surface area contributed by atoms with Crippen LogP contribution in [0.2, 0.25) is 0 Å². The Morgan fingerprint density at radius 3 is 2.49 bits per heavy atom. The summed E-state index contributed by atoms with van der Waals surface area (Å²) in [6.07, 6.45) is -0.0171. The molecule has 1 aromatic carbocycles. The molecule has 0 aliphatic carbocycles. The van der Waals surface area contributed by atoms with Crippen molar-refractivity contribution < 1.29 is 36.3 Å². The number of anilines is 3. The van der Waals surface area contributed by atoms with Crippen LogP contribution in [0.15, 0.2) is 48.9 Å². The molecule has 1 aliphatic heterocycles. The number of alkyl halides is 3. The second-order valence-corrected chi connectivity index (χ2v) is 8.32. The molecular formula is C25H25F5N6O3. The third-order valence-electron chi connectivity index (χ3n) is 5.53. The van der Waals surface area contributed by atoms with Gasteiger partial charge in [-0.15, -0.1) is 0 Å². The van der Waals surface area contributed by atoms with E-state index in [0.717, 1.165) is 30.1 Å². The summed E-state index contributed by atoms with van der Waals surface area (Å²) in [5.41, 5.74) is 4.46. The number of halogens is 5. The molecular weight excluding hydrogens is 527 g/mol. The fourth-order valence-corrected chi connectivity index (χ4v) is 3.45. The lowest BCUT2D eigenvalue weighted by atomic mass is 10.1. The van der Waals surface area contributed by atoms with Gasteiger partial charge >= 0.3 is 6.18 Å². The van der Waals surface area contributed by atoms with Crippen molar-refractivity contribution in [3.05, 3.63) is 77.4 Å². The van der Waals surface area contributed by atoms with Crippen LogP contribution in [-0.4, -0.2) is 42.0 Å². The number of benzene rings is 1. The largest absolute Gasteiger partial charge is 0.418 e. The lowest BCUT2D eigenvalue weighted by Crippen LogP contribution is -2.31. The average Bonchev–Trinajstić information content (AvgIpc) is 3.44. The first-order chi connectivity index (χ1) is 18.5. The molecule has 3 heterocycles. The Bertz CT molecular complexity index is 1320. The Balaban J connectivity index is 0.000000320. The lowest BCUT2D eigenvalue weighted by Gasteiger charge is -2.15. The molecule has 0 radical (unpaired) electrons. The van der Waals surface area contributed by atoms with Crippen molar-refractivity contribution in [3.63, 3.8) is 0 Å². The zero-order valence-electron chi connectivity index (χ0n) is 20.6. The number of amides is 2. The van der Waals surface area contributed by atoms with Crippen LogP contribution in [0.1, 0.15) is 28.0 Å². The molecule has 9 nitrogen and oxygen atoms in total. The fourth-order valence-electron chi connectivity index (χ4n) is 3.45. The number of rotatable bonds is 7. The number of primary amides is 1. The van der Waals surface area contributed by atoms with Crippen molar-refractivity contribution in [2.75, 3.05) is 30.9 Å². The van der Waals surface area contributed by atoms with Gasteiger partial charge in [0.15, 0.2) is 0 Å². The van der Waals surface area contributed by atoms with Gasteiger partial charge in [0, 0.05) is 32.1 Å². The second kappa shape index (κ2) is 13.0. The average molecular weight is 553 g/mol.